The highest BCUT2D eigenvalue weighted by Gasteiger charge is 2.58. The van der Waals surface area contributed by atoms with Gasteiger partial charge in [0.1, 0.15) is 74.3 Å². The Morgan fingerprint density at radius 3 is 2.00 bits per heavy atom. The second-order valence-electron chi connectivity index (χ2n) is 8.18. The Morgan fingerprint density at radius 1 is 0.857 bits per heavy atom. The van der Waals surface area contributed by atoms with Gasteiger partial charge in [-0.1, -0.05) is 0 Å². The van der Waals surface area contributed by atoms with Crippen LogP contribution < -0.4 is 0 Å². The van der Waals surface area contributed by atoms with Crippen molar-refractivity contribution in [1.29, 1.82) is 0 Å². The van der Waals surface area contributed by atoms with E-state index in [1.165, 1.54) is 0 Å². The number of carbonyl (C=O) groups excluding carboxylic acids is 1. The van der Waals surface area contributed by atoms with E-state index in [1.807, 2.05) is 0 Å². The fraction of sp³-hybridized carbons (Fsp3) is 0.944. The summed E-state index contributed by atoms with van der Waals surface area (Å²) in [6.07, 6.45) is -23.3. The minimum atomic E-state index is -2.42. The molecule has 0 aliphatic carbocycles. The zero-order valence-corrected chi connectivity index (χ0v) is 18.2. The first-order chi connectivity index (χ1) is 16.3. The van der Waals surface area contributed by atoms with Gasteiger partial charge >= 0.3 is 5.97 Å². The van der Waals surface area contributed by atoms with Gasteiger partial charge in [0.05, 0.1) is 13.2 Å². The highest BCUT2D eigenvalue weighted by Crippen LogP contribution is 2.36. The third kappa shape index (κ3) is 6.24. The van der Waals surface area contributed by atoms with Gasteiger partial charge in [-0.3, -0.25) is 0 Å². The van der Waals surface area contributed by atoms with Gasteiger partial charge in [-0.15, -0.1) is 0 Å². The number of hydrogen-bond donors (Lipinski definition) is 12. The van der Waals surface area contributed by atoms with Gasteiger partial charge in [0.25, 0.3) is 0 Å². The number of ether oxygens (including phenoxy) is 4. The number of rotatable bonds is 11. The smallest absolute Gasteiger partial charge is 0.337 e. The molecule has 206 valence electrons. The maximum Gasteiger partial charge on any atom is 0.337 e. The lowest BCUT2D eigenvalue weighted by atomic mass is 9.98. The number of aliphatic hydroxyl groups excluding tert-OH is 12. The molecule has 0 aromatic rings. The minimum absolute atomic E-state index is 0.782. The van der Waals surface area contributed by atoms with Crippen molar-refractivity contribution in [3.63, 3.8) is 0 Å². The van der Waals surface area contributed by atoms with Crippen molar-refractivity contribution in [2.24, 2.45) is 0 Å². The summed E-state index contributed by atoms with van der Waals surface area (Å²) in [5.41, 5.74) is 0. The number of carbonyl (C=O) groups is 1. The van der Waals surface area contributed by atoms with Crippen molar-refractivity contribution in [1.82, 2.24) is 0 Å². The van der Waals surface area contributed by atoms with Crippen molar-refractivity contribution < 1.29 is 85.0 Å². The Kier molecular flexibility index (Phi) is 10.7. The van der Waals surface area contributed by atoms with E-state index in [9.17, 15) is 61.0 Å². The van der Waals surface area contributed by atoms with Crippen LogP contribution in [-0.4, -0.2) is 173 Å². The van der Waals surface area contributed by atoms with Crippen LogP contribution in [0.2, 0.25) is 0 Å². The summed E-state index contributed by atoms with van der Waals surface area (Å²) in [6.45, 7) is -3.81. The van der Waals surface area contributed by atoms with Crippen LogP contribution in [0, 0.1) is 0 Å². The monoisotopic (exact) mass is 520 g/mol. The number of esters is 1. The third-order valence-electron chi connectivity index (χ3n) is 5.78. The fourth-order valence-corrected chi connectivity index (χ4v) is 3.53. The van der Waals surface area contributed by atoms with Crippen LogP contribution in [0.5, 0.6) is 0 Å². The predicted octanol–water partition coefficient (Wildman–Crippen LogP) is -8.41. The molecule has 0 unspecified atom stereocenters. The number of hydrogen-bond acceptors (Lipinski definition) is 17. The molecule has 17 heteroatoms. The maximum atomic E-state index is 12.0. The van der Waals surface area contributed by atoms with Crippen LogP contribution in [0.1, 0.15) is 0 Å². The maximum absolute atomic E-state index is 12.0. The molecule has 2 heterocycles. The van der Waals surface area contributed by atoms with Crippen LogP contribution in [0.25, 0.3) is 0 Å². The van der Waals surface area contributed by atoms with Crippen molar-refractivity contribution in [2.75, 3.05) is 26.4 Å². The summed E-state index contributed by atoms with van der Waals surface area (Å²) in [5.74, 6) is -3.99. The van der Waals surface area contributed by atoms with E-state index >= 15 is 0 Å². The molecule has 2 saturated heterocycles. The highest BCUT2D eigenvalue weighted by molar-refractivity contribution is 5.75. The quantitative estimate of drug-likeness (QED) is 0.113. The van der Waals surface area contributed by atoms with Gasteiger partial charge in [-0.25, -0.2) is 4.79 Å². The fourth-order valence-electron chi connectivity index (χ4n) is 3.53. The van der Waals surface area contributed by atoms with Crippen molar-refractivity contribution in [2.45, 2.75) is 79.2 Å². The molecule has 2 rings (SSSR count). The Labute approximate surface area is 197 Å². The van der Waals surface area contributed by atoms with Crippen molar-refractivity contribution in [3.8, 4) is 0 Å². The van der Waals surface area contributed by atoms with Crippen LogP contribution in [0.3, 0.4) is 0 Å². The van der Waals surface area contributed by atoms with Gasteiger partial charge in [-0.2, -0.15) is 0 Å². The molecule has 0 saturated carbocycles. The Bertz CT molecular complexity index is 681. The number of aliphatic hydroxyl groups is 12. The lowest BCUT2D eigenvalue weighted by molar-refractivity contribution is -0.383. The average Bonchev–Trinajstić information content (AvgIpc) is 3.10. The van der Waals surface area contributed by atoms with E-state index < -0.39 is 112 Å². The minimum Gasteiger partial charge on any atom is -0.461 e. The van der Waals surface area contributed by atoms with E-state index in [4.69, 9.17) is 19.3 Å². The summed E-state index contributed by atoms with van der Waals surface area (Å²) >= 11 is 0. The van der Waals surface area contributed by atoms with Gasteiger partial charge in [0.2, 0.25) is 5.79 Å². The second kappa shape index (κ2) is 12.4. The largest absolute Gasteiger partial charge is 0.461 e. The van der Waals surface area contributed by atoms with Gasteiger partial charge in [0, 0.05) is 0 Å². The molecule has 13 atom stereocenters. The highest BCUT2D eigenvalue weighted by atomic mass is 16.8. The zero-order chi connectivity index (χ0) is 26.7. The Morgan fingerprint density at radius 2 is 1.49 bits per heavy atom. The molecular formula is C18H32O17. The van der Waals surface area contributed by atoms with Crippen molar-refractivity contribution in [3.05, 3.63) is 0 Å². The zero-order valence-electron chi connectivity index (χ0n) is 18.2. The first kappa shape index (κ1) is 30.1. The van der Waals surface area contributed by atoms with E-state index in [0.29, 0.717) is 0 Å². The normalized spacial score (nSPS) is 41.3. The van der Waals surface area contributed by atoms with Crippen LogP contribution in [-0.2, 0) is 23.7 Å². The van der Waals surface area contributed by atoms with Gasteiger partial charge in [-0.05, 0) is 0 Å². The molecule has 0 aromatic carbocycles. The summed E-state index contributed by atoms with van der Waals surface area (Å²) in [4.78, 5) is 12.0. The van der Waals surface area contributed by atoms with E-state index in [2.05, 4.69) is 4.74 Å². The molecule has 2 fully saturated rings. The molecule has 0 radical (unpaired) electrons. The average molecular weight is 520 g/mol. The molecule has 0 amide bonds. The lowest BCUT2D eigenvalue weighted by Crippen LogP contribution is -2.63. The molecular weight excluding hydrogens is 488 g/mol. The molecule has 12 N–H and O–H groups in total. The van der Waals surface area contributed by atoms with E-state index in [0.717, 1.165) is 0 Å². The molecule has 2 aliphatic rings. The summed E-state index contributed by atoms with van der Waals surface area (Å²) in [6, 6.07) is 0. The molecule has 2 aliphatic heterocycles. The molecule has 0 bridgehead atoms. The topological polar surface area (TPSA) is 297 Å². The molecule has 17 nitrogen and oxygen atoms in total. The lowest BCUT2D eigenvalue weighted by Gasteiger charge is -2.43. The van der Waals surface area contributed by atoms with Crippen LogP contribution in [0.4, 0.5) is 0 Å². The molecule has 0 aromatic heterocycles. The van der Waals surface area contributed by atoms with E-state index in [1.54, 1.807) is 0 Å². The second-order valence-corrected chi connectivity index (χ2v) is 8.18. The molecule has 0 spiro atoms. The first-order valence-corrected chi connectivity index (χ1v) is 10.5. The summed E-state index contributed by atoms with van der Waals surface area (Å²) in [7, 11) is 0. The van der Waals surface area contributed by atoms with Crippen molar-refractivity contribution >= 4 is 5.97 Å². The Balaban J connectivity index is 2.07. The first-order valence-electron chi connectivity index (χ1n) is 10.5. The standard InChI is InChI=1S/C18H32O17/c19-1-5(22)8(23)11(26)13(28)16(31)32-3-7-9(24)12(27)14(29)17(33-7)35-18(4-21)15(30)10(25)6(2-20)34-18/h5-15,17,19-30H,1-4H2/t5-,6-,7-,8-,9-,10-,11+,12+,13-,14-,15+,17-,18+/m1/s1. The summed E-state index contributed by atoms with van der Waals surface area (Å²) in [5, 5.41) is 117. The van der Waals surface area contributed by atoms with Crippen LogP contribution >= 0.6 is 0 Å². The molecule has 35 heavy (non-hydrogen) atoms. The SMILES string of the molecule is O=C(OC[C@H]1O[C@H](O[C@]2(CO)O[C@H](CO)[C@@H](O)[C@@H]2O)[C@H](O)[C@@H](O)[C@@H]1O)[C@H](O)[C@@H](O)[C@H](O)[C@H](O)CO. The van der Waals surface area contributed by atoms with E-state index in [-0.39, 0.29) is 0 Å². The summed E-state index contributed by atoms with van der Waals surface area (Å²) < 4.78 is 20.4. The Hall–Kier alpha value is -1.13. The van der Waals surface area contributed by atoms with Crippen LogP contribution in [0.15, 0.2) is 0 Å². The third-order valence-corrected chi connectivity index (χ3v) is 5.78. The predicted molar refractivity (Wildman–Crippen MR) is 104 cm³/mol. The van der Waals surface area contributed by atoms with Gasteiger partial charge < -0.3 is 80.2 Å². The van der Waals surface area contributed by atoms with Gasteiger partial charge in [0.15, 0.2) is 12.4 Å².